The number of aromatic nitrogens is 4. The molecule has 4 aromatic rings. The third kappa shape index (κ3) is 4.49. The molecule has 1 saturated heterocycles. The second kappa shape index (κ2) is 9.37. The smallest absolute Gasteiger partial charge is 0.341 e. The molecule has 0 aliphatic carbocycles. The molecule has 0 saturated carbocycles. The van der Waals surface area contributed by atoms with Crippen LogP contribution in [0, 0.1) is 5.82 Å². The van der Waals surface area contributed by atoms with Gasteiger partial charge in [0.05, 0.1) is 12.7 Å². The van der Waals surface area contributed by atoms with E-state index in [0.29, 0.717) is 28.6 Å². The van der Waals surface area contributed by atoms with Gasteiger partial charge in [-0.1, -0.05) is 6.07 Å². The molecule has 5 rings (SSSR count). The van der Waals surface area contributed by atoms with Gasteiger partial charge in [-0.25, -0.2) is 23.5 Å². The third-order valence-electron chi connectivity index (χ3n) is 6.40. The highest BCUT2D eigenvalue weighted by Gasteiger charge is 2.42. The van der Waals surface area contributed by atoms with Crippen molar-refractivity contribution in [1.29, 1.82) is 0 Å². The summed E-state index contributed by atoms with van der Waals surface area (Å²) in [4.78, 5) is 21.8. The molecule has 0 spiro atoms. The molecule has 2 aromatic heterocycles. The molecule has 1 aliphatic heterocycles. The van der Waals surface area contributed by atoms with Gasteiger partial charge in [-0.15, -0.1) is 0 Å². The normalized spacial score (nSPS) is 15.0. The van der Waals surface area contributed by atoms with E-state index in [4.69, 9.17) is 9.84 Å². The predicted molar refractivity (Wildman–Crippen MR) is 130 cm³/mol. The number of H-pyrrole nitrogens is 1. The van der Waals surface area contributed by atoms with Crippen LogP contribution in [0.3, 0.4) is 0 Å². The van der Waals surface area contributed by atoms with Crippen LogP contribution in [0.5, 0.6) is 5.75 Å². The zero-order valence-corrected chi connectivity index (χ0v) is 19.4. The number of halogens is 2. The van der Waals surface area contributed by atoms with Crippen molar-refractivity contribution in [3.63, 3.8) is 0 Å². The summed E-state index contributed by atoms with van der Waals surface area (Å²) in [5.41, 5.74) is 0.224. The van der Waals surface area contributed by atoms with Crippen molar-refractivity contribution >= 4 is 11.8 Å². The van der Waals surface area contributed by atoms with Crippen LogP contribution < -0.4 is 9.64 Å². The number of aliphatic carboxylic acids is 1. The maximum atomic E-state index is 15.0. The molecule has 3 heterocycles. The number of hydrogen-bond acceptors (Lipinski definition) is 6. The highest BCUT2D eigenvalue weighted by Crippen LogP contribution is 2.31. The fourth-order valence-corrected chi connectivity index (χ4v) is 4.19. The molecule has 2 aromatic carbocycles. The Morgan fingerprint density at radius 3 is 2.36 bits per heavy atom. The number of benzene rings is 2. The van der Waals surface area contributed by atoms with Crippen LogP contribution in [0.15, 0.2) is 60.8 Å². The Kier molecular flexibility index (Phi) is 6.09. The lowest BCUT2D eigenvalue weighted by Gasteiger charge is -2.34. The minimum Gasteiger partial charge on any atom is -0.497 e. The van der Waals surface area contributed by atoms with E-state index >= 15 is 4.39 Å². The maximum absolute atomic E-state index is 15.0. The molecule has 36 heavy (non-hydrogen) atoms. The van der Waals surface area contributed by atoms with Gasteiger partial charge < -0.3 is 14.7 Å². The number of aromatic amines is 1. The van der Waals surface area contributed by atoms with Crippen molar-refractivity contribution < 1.29 is 23.4 Å². The summed E-state index contributed by atoms with van der Waals surface area (Å²) in [6, 6.07) is 15.6. The fourth-order valence-electron chi connectivity index (χ4n) is 4.19. The topological polar surface area (TPSA) is 104 Å². The molecule has 2 N–H and O–H groups in total. The Balaban J connectivity index is 1.30. The van der Waals surface area contributed by atoms with Crippen LogP contribution in [-0.2, 0) is 4.79 Å². The van der Waals surface area contributed by atoms with E-state index in [-0.39, 0.29) is 31.5 Å². The molecule has 1 aliphatic rings. The van der Waals surface area contributed by atoms with Gasteiger partial charge in [0.25, 0.3) is 0 Å². The number of nitrogens with zero attached hydrogens (tertiary/aromatic N) is 4. The molecule has 10 heteroatoms. The number of methoxy groups -OCH3 is 1. The highest BCUT2D eigenvalue weighted by atomic mass is 19.1. The summed E-state index contributed by atoms with van der Waals surface area (Å²) in [5.74, 6) is 0.220. The second-order valence-electron chi connectivity index (χ2n) is 8.59. The summed E-state index contributed by atoms with van der Waals surface area (Å²) >= 11 is 0. The lowest BCUT2D eigenvalue weighted by Crippen LogP contribution is -2.46. The first-order valence-corrected chi connectivity index (χ1v) is 11.4. The van der Waals surface area contributed by atoms with Gasteiger partial charge in [-0.05, 0) is 54.1 Å². The molecule has 0 atom stereocenters. The molecule has 0 amide bonds. The Bertz CT molecular complexity index is 1380. The van der Waals surface area contributed by atoms with Gasteiger partial charge in [0.2, 0.25) is 5.67 Å². The van der Waals surface area contributed by atoms with E-state index in [0.717, 1.165) is 11.3 Å². The van der Waals surface area contributed by atoms with Gasteiger partial charge in [0.1, 0.15) is 17.4 Å². The number of ether oxygens (including phenoxy) is 1. The zero-order chi connectivity index (χ0) is 25.3. The second-order valence-corrected chi connectivity index (χ2v) is 8.59. The van der Waals surface area contributed by atoms with Gasteiger partial charge >= 0.3 is 5.97 Å². The molecule has 8 nitrogen and oxygen atoms in total. The Morgan fingerprint density at radius 1 is 1.06 bits per heavy atom. The largest absolute Gasteiger partial charge is 0.497 e. The summed E-state index contributed by atoms with van der Waals surface area (Å²) in [5, 5.41) is 16.0. The minimum atomic E-state index is -2.19. The van der Waals surface area contributed by atoms with Crippen LogP contribution in [0.2, 0.25) is 0 Å². The molecule has 1 fully saturated rings. The molecule has 184 valence electrons. The first kappa shape index (κ1) is 23.4. The average Bonchev–Trinajstić information content (AvgIpc) is 3.39. The number of pyridine rings is 1. The van der Waals surface area contributed by atoms with Crippen LogP contribution >= 0.6 is 0 Å². The first-order chi connectivity index (χ1) is 17.4. The minimum absolute atomic E-state index is 0.0970. The van der Waals surface area contributed by atoms with Crippen molar-refractivity contribution in [2.45, 2.75) is 18.5 Å². The monoisotopic (exact) mass is 491 g/mol. The maximum Gasteiger partial charge on any atom is 0.341 e. The summed E-state index contributed by atoms with van der Waals surface area (Å²) in [7, 11) is 1.59. The molecular weight excluding hydrogens is 468 g/mol. The molecule has 0 bridgehead atoms. The van der Waals surface area contributed by atoms with Gasteiger partial charge in [-0.3, -0.25) is 5.10 Å². The number of carboxylic acid groups (broad SMARTS) is 1. The van der Waals surface area contributed by atoms with E-state index in [1.807, 2.05) is 23.1 Å². The number of anilines is 1. The van der Waals surface area contributed by atoms with Gasteiger partial charge in [0, 0.05) is 43.3 Å². The number of piperidine rings is 1. The molecular formula is C26H23F2N5O3. The number of hydrogen-bond donors (Lipinski definition) is 2. The van der Waals surface area contributed by atoms with Crippen molar-refractivity contribution in [3.05, 3.63) is 66.6 Å². The van der Waals surface area contributed by atoms with E-state index in [1.165, 1.54) is 6.07 Å². The number of carbonyl (C=O) groups is 1. The predicted octanol–water partition coefficient (Wildman–Crippen LogP) is 4.74. The van der Waals surface area contributed by atoms with Crippen LogP contribution in [0.4, 0.5) is 14.6 Å². The van der Waals surface area contributed by atoms with Gasteiger partial charge in [-0.2, -0.15) is 5.10 Å². The van der Waals surface area contributed by atoms with Crippen LogP contribution in [0.1, 0.15) is 12.8 Å². The third-order valence-corrected chi connectivity index (χ3v) is 6.40. The summed E-state index contributed by atoms with van der Waals surface area (Å²) in [6.45, 7) is 0.516. The number of rotatable bonds is 6. The van der Waals surface area contributed by atoms with Crippen molar-refractivity contribution in [2.75, 3.05) is 25.1 Å². The van der Waals surface area contributed by atoms with E-state index < -0.39 is 17.5 Å². The van der Waals surface area contributed by atoms with Crippen molar-refractivity contribution in [3.8, 4) is 39.7 Å². The lowest BCUT2D eigenvalue weighted by atomic mass is 9.93. The fraction of sp³-hybridized carbons (Fsp3) is 0.231. The van der Waals surface area contributed by atoms with Crippen molar-refractivity contribution in [1.82, 2.24) is 20.2 Å². The summed E-state index contributed by atoms with van der Waals surface area (Å²) < 4.78 is 34.5. The lowest BCUT2D eigenvalue weighted by molar-refractivity contribution is -0.152. The van der Waals surface area contributed by atoms with E-state index in [9.17, 15) is 9.18 Å². The van der Waals surface area contributed by atoms with Crippen LogP contribution in [0.25, 0.3) is 33.9 Å². The zero-order valence-electron chi connectivity index (χ0n) is 19.4. The first-order valence-electron chi connectivity index (χ1n) is 11.4. The molecule has 0 radical (unpaired) electrons. The Labute approximate surface area is 205 Å². The van der Waals surface area contributed by atoms with E-state index in [2.05, 4.69) is 20.2 Å². The van der Waals surface area contributed by atoms with Crippen molar-refractivity contribution in [2.24, 2.45) is 0 Å². The summed E-state index contributed by atoms with van der Waals surface area (Å²) in [6.07, 6.45) is 1.43. The standard InChI is InChI=1S/C26H23F2N5O3/c1-36-19-6-2-16(3-7-19)23-30-24(32-31-23)20-8-4-17(14-21(20)27)18-5-9-22(29-15-18)33-12-10-26(28,11-13-33)25(34)35/h2-9,14-15H,10-13H2,1H3,(H,34,35)(H,30,31,32). The highest BCUT2D eigenvalue weighted by molar-refractivity contribution is 5.78. The Hall–Kier alpha value is -4.34. The number of alkyl halides is 1. The quantitative estimate of drug-likeness (QED) is 0.401. The van der Waals surface area contributed by atoms with Crippen LogP contribution in [-0.4, -0.2) is 57.1 Å². The SMILES string of the molecule is COc1ccc(-c2n[nH]c(-c3ccc(-c4ccc(N5CCC(F)(C(=O)O)CC5)nc4)cc3F)n2)cc1. The number of carboxylic acids is 1. The number of nitrogens with one attached hydrogen (secondary N) is 1. The molecule has 0 unspecified atom stereocenters. The van der Waals surface area contributed by atoms with E-state index in [1.54, 1.807) is 43.6 Å². The Morgan fingerprint density at radius 2 is 1.75 bits per heavy atom. The van der Waals surface area contributed by atoms with Gasteiger partial charge in [0.15, 0.2) is 11.6 Å². The average molecular weight is 491 g/mol.